The second-order valence-corrected chi connectivity index (χ2v) is 26.2. The zero-order valence-electron chi connectivity index (χ0n) is 28.6. The molecule has 0 radical (unpaired) electrons. The molecule has 0 aromatic carbocycles. The van der Waals surface area contributed by atoms with Crippen LogP contribution in [0.5, 0.6) is 0 Å². The third kappa shape index (κ3) is 9.78. The molecule has 0 aliphatic carbocycles. The topological polar surface area (TPSA) is 173 Å². The third-order valence-electron chi connectivity index (χ3n) is 6.57. The molecule has 0 aliphatic heterocycles. The van der Waals surface area contributed by atoms with Gasteiger partial charge in [-0.1, -0.05) is 0 Å². The van der Waals surface area contributed by atoms with Crippen LogP contribution in [0.15, 0.2) is 0 Å². The van der Waals surface area contributed by atoms with Crippen molar-refractivity contribution < 1.29 is 202 Å². The Balaban J connectivity index is 9.84. The molecule has 0 saturated carbocycles. The maximum absolute atomic E-state index is 14.5. The van der Waals surface area contributed by atoms with Gasteiger partial charge in [0.25, 0.3) is 0 Å². The van der Waals surface area contributed by atoms with Crippen LogP contribution in [0.1, 0.15) is 0 Å². The van der Waals surface area contributed by atoms with E-state index in [1.165, 1.54) is 10.1 Å². The van der Waals surface area contributed by atoms with Crippen LogP contribution in [0.3, 0.4) is 0 Å². The number of alkyl halides is 36. The summed E-state index contributed by atoms with van der Waals surface area (Å²) in [7, 11) is -43.0. The monoisotopic (exact) mass is 1320 g/mol. The molecule has 0 N–H and O–H groups in total. The van der Waals surface area contributed by atoms with Crippen molar-refractivity contribution in [3.63, 3.8) is 0 Å². The van der Waals surface area contributed by atoms with E-state index in [2.05, 4.69) is 0 Å². The van der Waals surface area contributed by atoms with Gasteiger partial charge in [-0.05, 0) is 0 Å². The standard InChI is InChI=1S/4C4HF9O3S.Sn/c4*5-1(6,3(9,10)11)2(7,8)4(12,13)17(14,15)16;/h4*(H,14,15,16);/q;;;;+4/p-4. The summed E-state index contributed by atoms with van der Waals surface area (Å²) in [6, 6.07) is 0. The molecule has 0 saturated heterocycles. The maximum atomic E-state index is 14.5. The number of hydrogen-bond acceptors (Lipinski definition) is 12. The van der Waals surface area contributed by atoms with Gasteiger partial charge in [0.2, 0.25) is 0 Å². The van der Waals surface area contributed by atoms with Crippen molar-refractivity contribution in [2.45, 2.75) is 93.1 Å². The van der Waals surface area contributed by atoms with Gasteiger partial charge in [-0.25, -0.2) is 0 Å². The van der Waals surface area contributed by atoms with Crippen LogP contribution >= 0.6 is 0 Å². The summed E-state index contributed by atoms with van der Waals surface area (Å²) in [5.41, 5.74) is 0. The molecule has 416 valence electrons. The van der Waals surface area contributed by atoms with E-state index in [0.29, 0.717) is 0 Å². The zero-order chi connectivity index (χ0) is 57.3. The number of hydrogen-bond donors (Lipinski definition) is 0. The third-order valence-corrected chi connectivity index (χ3v) is 26.3. The molecule has 0 spiro atoms. The van der Waals surface area contributed by atoms with Gasteiger partial charge >= 0.3 is 355 Å². The van der Waals surface area contributed by atoms with Crippen LogP contribution < -0.4 is 0 Å². The zero-order valence-corrected chi connectivity index (χ0v) is 34.8. The fourth-order valence-electron chi connectivity index (χ4n) is 2.90. The quantitative estimate of drug-likeness (QED) is 0.0842. The number of rotatable bonds is 20. The molecule has 0 aromatic rings. The van der Waals surface area contributed by atoms with E-state index in [1.54, 1.807) is 0 Å². The molecule has 0 bridgehead atoms. The first-order valence-electron chi connectivity index (χ1n) is 13.4. The van der Waals surface area contributed by atoms with Crippen LogP contribution in [0, 0.1) is 0 Å². The fourth-order valence-corrected chi connectivity index (χ4v) is 23.9. The van der Waals surface area contributed by atoms with Crippen molar-refractivity contribution in [3.8, 4) is 0 Å². The minimum atomic E-state index is -13.5. The van der Waals surface area contributed by atoms with Crippen LogP contribution in [-0.4, -0.2) is 147 Å². The molecule has 69 heavy (non-hydrogen) atoms. The second kappa shape index (κ2) is 17.0. The van der Waals surface area contributed by atoms with Gasteiger partial charge < -0.3 is 0 Å². The van der Waals surface area contributed by atoms with Gasteiger partial charge in [0.1, 0.15) is 0 Å². The summed E-state index contributed by atoms with van der Waals surface area (Å²) < 4.78 is 587. The molecule has 0 amide bonds. The Morgan fingerprint density at radius 1 is 0.203 bits per heavy atom. The van der Waals surface area contributed by atoms with Crippen molar-refractivity contribution in [2.75, 3.05) is 0 Å². The van der Waals surface area contributed by atoms with Crippen molar-refractivity contribution in [3.05, 3.63) is 0 Å². The average Bonchev–Trinajstić information content (AvgIpc) is 3.03. The predicted octanol–water partition coefficient (Wildman–Crippen LogP) is 8.51. The van der Waals surface area contributed by atoms with Crippen molar-refractivity contribution in [2.24, 2.45) is 0 Å². The molecule has 0 atom stereocenters. The van der Waals surface area contributed by atoms with E-state index >= 15 is 0 Å². The first kappa shape index (κ1) is 66.9. The average molecular weight is 1320 g/mol. The molecular formula is C16F36O12S4Sn. The van der Waals surface area contributed by atoms with Crippen LogP contribution in [0.4, 0.5) is 158 Å². The first-order valence-corrected chi connectivity index (χ1v) is 23.7. The van der Waals surface area contributed by atoms with Gasteiger partial charge in [-0.2, -0.15) is 0 Å². The molecule has 0 fully saturated rings. The van der Waals surface area contributed by atoms with Gasteiger partial charge in [0, 0.05) is 0 Å². The predicted molar refractivity (Wildman–Crippen MR) is 129 cm³/mol. The fraction of sp³-hybridized carbons (Fsp3) is 1.00. The summed E-state index contributed by atoms with van der Waals surface area (Å²) in [5.74, 6) is -74.8. The van der Waals surface area contributed by atoms with Gasteiger partial charge in [0.05, 0.1) is 0 Å². The Bertz CT molecular complexity index is 2040. The SMILES string of the molecule is O=S(=O)([O][Sn]([O]S(=O)(=O)C(F)(F)C(F)(F)C(F)(F)C(F)(F)F)([O]S(=O)(=O)C(F)(F)C(F)(F)C(F)(F)C(F)(F)F)[O]S(=O)(=O)C(F)(F)C(F)(F)C(F)(F)C(F)(F)F)C(F)(F)C(F)(F)C(F)(F)C(F)(F)F. The van der Waals surface area contributed by atoms with E-state index in [4.69, 9.17) is 0 Å². The van der Waals surface area contributed by atoms with E-state index in [0.717, 1.165) is 0 Å². The Kier molecular flexibility index (Phi) is 16.5. The van der Waals surface area contributed by atoms with Crippen LogP contribution in [-0.2, 0) is 50.6 Å². The van der Waals surface area contributed by atoms with Gasteiger partial charge in [-0.3, -0.25) is 0 Å². The Labute approximate surface area is 355 Å². The summed E-state index contributed by atoms with van der Waals surface area (Å²) in [4.78, 5) is 0. The van der Waals surface area contributed by atoms with Crippen LogP contribution in [0.2, 0.25) is 0 Å². The molecular weight excluding hydrogens is 1320 g/mol. The molecule has 0 aliphatic rings. The molecule has 0 rings (SSSR count). The summed E-state index contributed by atoms with van der Waals surface area (Å²) in [5, 5.41) is -38.6. The molecule has 53 heteroatoms. The van der Waals surface area contributed by atoms with Gasteiger partial charge in [-0.15, -0.1) is 0 Å². The van der Waals surface area contributed by atoms with Crippen molar-refractivity contribution in [1.29, 1.82) is 0 Å². The van der Waals surface area contributed by atoms with E-state index in [1.807, 2.05) is 0 Å². The second-order valence-electron chi connectivity index (χ2n) is 11.3. The Morgan fingerprint density at radius 3 is 0.391 bits per heavy atom. The summed E-state index contributed by atoms with van der Waals surface area (Å²) in [6.07, 6.45) is -34.6. The molecule has 0 unspecified atom stereocenters. The van der Waals surface area contributed by atoms with E-state index < -0.39 is 154 Å². The van der Waals surface area contributed by atoms with Gasteiger partial charge in [0.15, 0.2) is 0 Å². The minimum absolute atomic E-state index is 1.36. The summed E-state index contributed by atoms with van der Waals surface area (Å²) in [6.45, 7) is 0. The van der Waals surface area contributed by atoms with Crippen molar-refractivity contribution in [1.82, 2.24) is 0 Å². The summed E-state index contributed by atoms with van der Waals surface area (Å²) >= 11 is -13.5. The number of halogens is 36. The van der Waals surface area contributed by atoms with Crippen molar-refractivity contribution >= 4 is 60.5 Å². The first-order chi connectivity index (χ1) is 28.8. The Morgan fingerprint density at radius 2 is 0.304 bits per heavy atom. The Hall–Kier alpha value is -2.08. The van der Waals surface area contributed by atoms with E-state index in [9.17, 15) is 192 Å². The van der Waals surface area contributed by atoms with Crippen LogP contribution in [0.25, 0.3) is 0 Å². The molecule has 0 heterocycles. The molecule has 0 aromatic heterocycles. The van der Waals surface area contributed by atoms with E-state index in [-0.39, 0.29) is 0 Å². The normalized spacial score (nSPS) is 17.1. The molecule has 12 nitrogen and oxygen atoms in total.